The van der Waals surface area contributed by atoms with E-state index in [-0.39, 0.29) is 5.91 Å². The van der Waals surface area contributed by atoms with Gasteiger partial charge in [-0.2, -0.15) is 5.10 Å². The molecule has 90 valence electrons. The molecule has 0 fully saturated rings. The lowest BCUT2D eigenvalue weighted by Gasteiger charge is -2.21. The number of amides is 1. The first kappa shape index (κ1) is 11.6. The van der Waals surface area contributed by atoms with E-state index >= 15 is 0 Å². The fourth-order valence-corrected chi connectivity index (χ4v) is 1.45. The minimum absolute atomic E-state index is 0.178. The van der Waals surface area contributed by atoms with Crippen LogP contribution in [-0.4, -0.2) is 21.6 Å². The zero-order valence-corrected chi connectivity index (χ0v) is 9.95. The van der Waals surface area contributed by atoms with E-state index in [9.17, 15) is 4.79 Å². The molecule has 1 aromatic carbocycles. The molecule has 0 aliphatic heterocycles. The summed E-state index contributed by atoms with van der Waals surface area (Å²) in [4.78, 5) is 11.9. The highest BCUT2D eigenvalue weighted by Crippen LogP contribution is 2.18. The summed E-state index contributed by atoms with van der Waals surface area (Å²) in [6, 6.07) is 5.56. The van der Waals surface area contributed by atoms with Crippen LogP contribution in [0.25, 0.3) is 10.9 Å². The van der Waals surface area contributed by atoms with Crippen LogP contribution in [0.2, 0.25) is 0 Å². The molecule has 17 heavy (non-hydrogen) atoms. The standard InChI is InChI=1S/C12H16N4O/c1-3-12(2,13)11(17)15-9-4-5-10-8(6-9)7-14-16-10/h4-7H,3,13H2,1-2H3,(H,14,16)(H,15,17). The van der Waals surface area contributed by atoms with E-state index in [0.717, 1.165) is 16.6 Å². The maximum absolute atomic E-state index is 11.9. The second-order valence-electron chi connectivity index (χ2n) is 4.40. The van der Waals surface area contributed by atoms with Crippen molar-refractivity contribution in [3.63, 3.8) is 0 Å². The van der Waals surface area contributed by atoms with Crippen molar-refractivity contribution in [1.29, 1.82) is 0 Å². The average molecular weight is 232 g/mol. The van der Waals surface area contributed by atoms with Gasteiger partial charge in [-0.3, -0.25) is 9.89 Å². The smallest absolute Gasteiger partial charge is 0.244 e. The molecule has 1 atom stereocenters. The number of nitrogens with zero attached hydrogens (tertiary/aromatic N) is 1. The molecule has 1 heterocycles. The van der Waals surface area contributed by atoms with Gasteiger partial charge in [0.05, 0.1) is 17.3 Å². The van der Waals surface area contributed by atoms with Gasteiger partial charge < -0.3 is 11.1 Å². The number of anilines is 1. The average Bonchev–Trinajstić information content (AvgIpc) is 2.76. The van der Waals surface area contributed by atoms with Crippen molar-refractivity contribution in [2.75, 3.05) is 5.32 Å². The maximum atomic E-state index is 11.9. The summed E-state index contributed by atoms with van der Waals surface area (Å²) in [6.45, 7) is 3.61. The van der Waals surface area contributed by atoms with Crippen LogP contribution in [0.15, 0.2) is 24.4 Å². The number of rotatable bonds is 3. The number of nitrogens with two attached hydrogens (primary N) is 1. The zero-order valence-electron chi connectivity index (χ0n) is 9.95. The lowest BCUT2D eigenvalue weighted by atomic mass is 9.99. The van der Waals surface area contributed by atoms with E-state index in [0.29, 0.717) is 6.42 Å². The summed E-state index contributed by atoms with van der Waals surface area (Å²) in [7, 11) is 0. The van der Waals surface area contributed by atoms with E-state index in [4.69, 9.17) is 5.73 Å². The summed E-state index contributed by atoms with van der Waals surface area (Å²) < 4.78 is 0. The molecule has 2 rings (SSSR count). The Morgan fingerprint density at radius 3 is 3.06 bits per heavy atom. The van der Waals surface area contributed by atoms with Crippen LogP contribution >= 0.6 is 0 Å². The molecule has 0 radical (unpaired) electrons. The number of aromatic nitrogens is 2. The number of nitrogens with one attached hydrogen (secondary N) is 2. The molecule has 1 unspecified atom stereocenters. The lowest BCUT2D eigenvalue weighted by molar-refractivity contribution is -0.120. The summed E-state index contributed by atoms with van der Waals surface area (Å²) >= 11 is 0. The Balaban J connectivity index is 2.21. The lowest BCUT2D eigenvalue weighted by Crippen LogP contribution is -2.47. The second-order valence-corrected chi connectivity index (χ2v) is 4.40. The van der Waals surface area contributed by atoms with Crippen molar-refractivity contribution in [3.8, 4) is 0 Å². The maximum Gasteiger partial charge on any atom is 0.244 e. The molecule has 5 heteroatoms. The van der Waals surface area contributed by atoms with E-state index in [1.807, 2.05) is 25.1 Å². The SMILES string of the molecule is CCC(C)(N)C(=O)Nc1ccc2[nH]ncc2c1. The third-order valence-electron chi connectivity index (χ3n) is 2.95. The van der Waals surface area contributed by atoms with Crippen LogP contribution < -0.4 is 11.1 Å². The van der Waals surface area contributed by atoms with Gasteiger partial charge in [0.25, 0.3) is 0 Å². The van der Waals surface area contributed by atoms with Gasteiger partial charge in [-0.1, -0.05) is 6.92 Å². The molecular weight excluding hydrogens is 216 g/mol. The van der Waals surface area contributed by atoms with Gasteiger partial charge in [0, 0.05) is 11.1 Å². The van der Waals surface area contributed by atoms with E-state index in [1.165, 1.54) is 0 Å². The Labute approximate surface area is 99.4 Å². The van der Waals surface area contributed by atoms with Gasteiger partial charge in [-0.25, -0.2) is 0 Å². The van der Waals surface area contributed by atoms with E-state index in [1.54, 1.807) is 13.1 Å². The first-order chi connectivity index (χ1) is 8.03. The number of aromatic amines is 1. The molecule has 1 amide bonds. The van der Waals surface area contributed by atoms with Crippen molar-refractivity contribution in [2.24, 2.45) is 5.73 Å². The first-order valence-corrected chi connectivity index (χ1v) is 5.56. The second kappa shape index (κ2) is 4.18. The number of fused-ring (bicyclic) bond motifs is 1. The van der Waals surface area contributed by atoms with Crippen LogP contribution in [0.1, 0.15) is 20.3 Å². The van der Waals surface area contributed by atoms with Crippen molar-refractivity contribution < 1.29 is 4.79 Å². The largest absolute Gasteiger partial charge is 0.324 e. The predicted octanol–water partition coefficient (Wildman–Crippen LogP) is 1.63. The highest BCUT2D eigenvalue weighted by molar-refractivity contribution is 5.99. The monoisotopic (exact) mass is 232 g/mol. The first-order valence-electron chi connectivity index (χ1n) is 5.56. The molecule has 0 spiro atoms. The number of H-pyrrole nitrogens is 1. The van der Waals surface area contributed by atoms with E-state index in [2.05, 4.69) is 15.5 Å². The van der Waals surface area contributed by atoms with Gasteiger partial charge >= 0.3 is 0 Å². The Hall–Kier alpha value is -1.88. The van der Waals surface area contributed by atoms with Crippen LogP contribution in [0.4, 0.5) is 5.69 Å². The van der Waals surface area contributed by atoms with Crippen molar-refractivity contribution in [2.45, 2.75) is 25.8 Å². The van der Waals surface area contributed by atoms with Gasteiger partial charge in [0.1, 0.15) is 0 Å². The summed E-state index contributed by atoms with van der Waals surface area (Å²) in [5.41, 5.74) is 6.70. The molecule has 0 bridgehead atoms. The fourth-order valence-electron chi connectivity index (χ4n) is 1.45. The Kier molecular flexibility index (Phi) is 2.85. The molecule has 0 aliphatic carbocycles. The number of carbonyl (C=O) groups is 1. The highest BCUT2D eigenvalue weighted by atomic mass is 16.2. The van der Waals surface area contributed by atoms with Crippen LogP contribution in [0, 0.1) is 0 Å². The molecule has 0 saturated heterocycles. The number of hydrogen-bond acceptors (Lipinski definition) is 3. The number of hydrogen-bond donors (Lipinski definition) is 3. The normalized spacial score (nSPS) is 14.5. The number of carbonyl (C=O) groups excluding carboxylic acids is 1. The van der Waals surface area contributed by atoms with Crippen molar-refractivity contribution in [3.05, 3.63) is 24.4 Å². The molecule has 0 saturated carbocycles. The molecule has 1 aromatic heterocycles. The molecule has 0 aliphatic rings. The Morgan fingerprint density at radius 1 is 1.59 bits per heavy atom. The Bertz CT molecular complexity index is 544. The minimum Gasteiger partial charge on any atom is -0.324 e. The van der Waals surface area contributed by atoms with Crippen LogP contribution in [-0.2, 0) is 4.79 Å². The molecule has 2 aromatic rings. The van der Waals surface area contributed by atoms with Crippen molar-refractivity contribution in [1.82, 2.24) is 10.2 Å². The fraction of sp³-hybridized carbons (Fsp3) is 0.333. The zero-order chi connectivity index (χ0) is 12.5. The Morgan fingerprint density at radius 2 is 2.35 bits per heavy atom. The topological polar surface area (TPSA) is 83.8 Å². The highest BCUT2D eigenvalue weighted by Gasteiger charge is 2.25. The van der Waals surface area contributed by atoms with Crippen LogP contribution in [0.3, 0.4) is 0 Å². The number of benzene rings is 1. The minimum atomic E-state index is -0.842. The van der Waals surface area contributed by atoms with E-state index < -0.39 is 5.54 Å². The van der Waals surface area contributed by atoms with Crippen LogP contribution in [0.5, 0.6) is 0 Å². The molecule has 4 N–H and O–H groups in total. The molecule has 5 nitrogen and oxygen atoms in total. The third kappa shape index (κ3) is 2.29. The van der Waals surface area contributed by atoms with Crippen molar-refractivity contribution >= 4 is 22.5 Å². The predicted molar refractivity (Wildman–Crippen MR) is 67.6 cm³/mol. The molecular formula is C12H16N4O. The quantitative estimate of drug-likeness (QED) is 0.752. The summed E-state index contributed by atoms with van der Waals surface area (Å²) in [5.74, 6) is -0.178. The summed E-state index contributed by atoms with van der Waals surface area (Å²) in [6.07, 6.45) is 2.30. The summed E-state index contributed by atoms with van der Waals surface area (Å²) in [5, 5.41) is 10.5. The van der Waals surface area contributed by atoms with Gasteiger partial charge in [0.2, 0.25) is 5.91 Å². The van der Waals surface area contributed by atoms with Gasteiger partial charge in [-0.15, -0.1) is 0 Å². The van der Waals surface area contributed by atoms with Gasteiger partial charge in [-0.05, 0) is 31.5 Å². The van der Waals surface area contributed by atoms with Gasteiger partial charge in [0.15, 0.2) is 0 Å². The third-order valence-corrected chi connectivity index (χ3v) is 2.95.